The van der Waals surface area contributed by atoms with E-state index in [-0.39, 0.29) is 0 Å². The molecule has 18 heavy (non-hydrogen) atoms. The maximum absolute atomic E-state index is 11.0. The zero-order chi connectivity index (χ0) is 13.0. The lowest BCUT2D eigenvalue weighted by Gasteiger charge is -2.09. The minimum absolute atomic E-state index is 0.409. The van der Waals surface area contributed by atoms with Crippen LogP contribution in [0.4, 0.5) is 0 Å². The van der Waals surface area contributed by atoms with Gasteiger partial charge in [-0.3, -0.25) is 4.79 Å². The average Bonchev–Trinajstić information content (AvgIpc) is 2.38. The van der Waals surface area contributed by atoms with Crippen molar-refractivity contribution in [2.24, 2.45) is 5.73 Å². The van der Waals surface area contributed by atoms with Gasteiger partial charge in [0.15, 0.2) is 0 Å². The predicted octanol–water partition coefficient (Wildman–Crippen LogP) is 2.67. The lowest BCUT2D eigenvalue weighted by molar-refractivity contribution is 0.1000. The number of carbonyl (C=O) groups is 1. The first kappa shape index (κ1) is 12.2. The fourth-order valence-corrected chi connectivity index (χ4v) is 1.69. The van der Waals surface area contributed by atoms with E-state index in [1.54, 1.807) is 12.1 Å². The number of hydrogen-bond acceptors (Lipinski definition) is 2. The highest BCUT2D eigenvalue weighted by molar-refractivity contribution is 5.93. The third-order valence-corrected chi connectivity index (χ3v) is 2.76. The van der Waals surface area contributed by atoms with Gasteiger partial charge < -0.3 is 10.5 Å². The molecule has 2 rings (SSSR count). The van der Waals surface area contributed by atoms with Gasteiger partial charge in [0, 0.05) is 5.56 Å². The van der Waals surface area contributed by atoms with Crippen LogP contribution in [0.1, 0.15) is 21.5 Å². The Morgan fingerprint density at radius 2 is 1.89 bits per heavy atom. The van der Waals surface area contributed by atoms with Crippen molar-refractivity contribution in [1.82, 2.24) is 0 Å². The number of para-hydroxylation sites is 1. The van der Waals surface area contributed by atoms with Gasteiger partial charge in [-0.1, -0.05) is 24.3 Å². The summed E-state index contributed by atoms with van der Waals surface area (Å²) >= 11 is 0. The Morgan fingerprint density at radius 1 is 1.17 bits per heavy atom. The number of hydrogen-bond donors (Lipinski definition) is 1. The van der Waals surface area contributed by atoms with Crippen LogP contribution in [0.5, 0.6) is 5.75 Å². The van der Waals surface area contributed by atoms with Crippen molar-refractivity contribution >= 4 is 5.91 Å². The Morgan fingerprint density at radius 3 is 2.50 bits per heavy atom. The first-order valence-electron chi connectivity index (χ1n) is 5.74. The number of carbonyl (C=O) groups excluding carboxylic acids is 1. The average molecular weight is 241 g/mol. The Hall–Kier alpha value is -2.29. The molecule has 0 fully saturated rings. The monoisotopic (exact) mass is 241 g/mol. The van der Waals surface area contributed by atoms with E-state index in [0.717, 1.165) is 16.9 Å². The highest BCUT2D eigenvalue weighted by atomic mass is 16.5. The van der Waals surface area contributed by atoms with E-state index in [0.29, 0.717) is 12.2 Å². The van der Waals surface area contributed by atoms with Crippen molar-refractivity contribution in [3.8, 4) is 5.75 Å². The van der Waals surface area contributed by atoms with Crippen molar-refractivity contribution in [3.05, 3.63) is 65.2 Å². The van der Waals surface area contributed by atoms with E-state index in [2.05, 4.69) is 0 Å². The number of rotatable bonds is 4. The second-order valence-electron chi connectivity index (χ2n) is 4.11. The molecule has 0 aliphatic rings. The van der Waals surface area contributed by atoms with Crippen molar-refractivity contribution in [2.75, 3.05) is 0 Å². The number of ether oxygens (including phenoxy) is 1. The Labute approximate surface area is 106 Å². The molecule has 2 N–H and O–H groups in total. The molecule has 3 nitrogen and oxygen atoms in total. The highest BCUT2D eigenvalue weighted by Gasteiger charge is 2.04. The summed E-state index contributed by atoms with van der Waals surface area (Å²) in [5.41, 5.74) is 7.80. The standard InChI is InChI=1S/C15H15NO2/c1-11-9-12(15(16)17)7-8-13(11)10-18-14-5-3-2-4-6-14/h2-9H,10H2,1H3,(H2,16,17). The van der Waals surface area contributed by atoms with Crippen LogP contribution in [0.25, 0.3) is 0 Å². The topological polar surface area (TPSA) is 52.3 Å². The largest absolute Gasteiger partial charge is 0.489 e. The number of amides is 1. The van der Waals surface area contributed by atoms with Crippen LogP contribution < -0.4 is 10.5 Å². The lowest BCUT2D eigenvalue weighted by atomic mass is 10.1. The molecule has 0 saturated heterocycles. The van der Waals surface area contributed by atoms with E-state index in [1.165, 1.54) is 0 Å². The van der Waals surface area contributed by atoms with Crippen LogP contribution in [0.3, 0.4) is 0 Å². The van der Waals surface area contributed by atoms with Crippen LogP contribution in [0, 0.1) is 6.92 Å². The van der Waals surface area contributed by atoms with E-state index in [9.17, 15) is 4.79 Å². The van der Waals surface area contributed by atoms with Gasteiger partial charge >= 0.3 is 0 Å². The molecule has 0 saturated carbocycles. The van der Waals surface area contributed by atoms with Gasteiger partial charge in [-0.2, -0.15) is 0 Å². The molecule has 3 heteroatoms. The molecule has 2 aromatic rings. The highest BCUT2D eigenvalue weighted by Crippen LogP contribution is 2.15. The molecule has 92 valence electrons. The summed E-state index contributed by atoms with van der Waals surface area (Å²) in [5.74, 6) is 0.421. The minimum Gasteiger partial charge on any atom is -0.489 e. The molecule has 1 amide bonds. The first-order chi connectivity index (χ1) is 8.66. The second-order valence-corrected chi connectivity index (χ2v) is 4.11. The summed E-state index contributed by atoms with van der Waals surface area (Å²) in [6.45, 7) is 2.42. The summed E-state index contributed by atoms with van der Waals surface area (Å²) < 4.78 is 5.66. The quantitative estimate of drug-likeness (QED) is 0.894. The van der Waals surface area contributed by atoms with E-state index < -0.39 is 5.91 Å². The van der Waals surface area contributed by atoms with Gasteiger partial charge in [0.05, 0.1) is 0 Å². The van der Waals surface area contributed by atoms with Crippen LogP contribution in [0.2, 0.25) is 0 Å². The fraction of sp³-hybridized carbons (Fsp3) is 0.133. The fourth-order valence-electron chi connectivity index (χ4n) is 1.69. The molecule has 0 radical (unpaired) electrons. The zero-order valence-electron chi connectivity index (χ0n) is 10.2. The molecule has 0 aliphatic heterocycles. The number of nitrogens with two attached hydrogens (primary N) is 1. The molecule has 0 aromatic heterocycles. The van der Waals surface area contributed by atoms with Gasteiger partial charge in [-0.05, 0) is 42.3 Å². The van der Waals surface area contributed by atoms with E-state index in [4.69, 9.17) is 10.5 Å². The van der Waals surface area contributed by atoms with Gasteiger partial charge in [-0.25, -0.2) is 0 Å². The van der Waals surface area contributed by atoms with Gasteiger partial charge in [-0.15, -0.1) is 0 Å². The van der Waals surface area contributed by atoms with Crippen molar-refractivity contribution < 1.29 is 9.53 Å². The summed E-state index contributed by atoms with van der Waals surface area (Å²) in [7, 11) is 0. The summed E-state index contributed by atoms with van der Waals surface area (Å²) in [6.07, 6.45) is 0. The molecular formula is C15H15NO2. The SMILES string of the molecule is Cc1cc(C(N)=O)ccc1COc1ccccc1. The number of aryl methyl sites for hydroxylation is 1. The Bertz CT molecular complexity index is 550. The molecule has 0 aliphatic carbocycles. The molecule has 0 spiro atoms. The predicted molar refractivity (Wildman–Crippen MR) is 70.5 cm³/mol. The maximum atomic E-state index is 11.0. The molecular weight excluding hydrogens is 226 g/mol. The summed E-state index contributed by atoms with van der Waals surface area (Å²) in [4.78, 5) is 11.0. The smallest absolute Gasteiger partial charge is 0.248 e. The number of benzene rings is 2. The lowest BCUT2D eigenvalue weighted by Crippen LogP contribution is -2.11. The molecule has 0 heterocycles. The molecule has 0 unspecified atom stereocenters. The third kappa shape index (κ3) is 2.88. The van der Waals surface area contributed by atoms with Crippen LogP contribution in [0.15, 0.2) is 48.5 Å². The maximum Gasteiger partial charge on any atom is 0.248 e. The number of primary amides is 1. The zero-order valence-corrected chi connectivity index (χ0v) is 10.2. The van der Waals surface area contributed by atoms with Gasteiger partial charge in [0.25, 0.3) is 0 Å². The van der Waals surface area contributed by atoms with Crippen molar-refractivity contribution in [2.45, 2.75) is 13.5 Å². The first-order valence-corrected chi connectivity index (χ1v) is 5.74. The van der Waals surface area contributed by atoms with Gasteiger partial charge in [0.1, 0.15) is 12.4 Å². The third-order valence-electron chi connectivity index (χ3n) is 2.76. The van der Waals surface area contributed by atoms with Crippen LogP contribution >= 0.6 is 0 Å². The van der Waals surface area contributed by atoms with Gasteiger partial charge in [0.2, 0.25) is 5.91 Å². The molecule has 0 atom stereocenters. The molecule has 2 aromatic carbocycles. The Kier molecular flexibility index (Phi) is 3.63. The molecule has 0 bridgehead atoms. The summed E-state index contributed by atoms with van der Waals surface area (Å²) in [6, 6.07) is 15.0. The van der Waals surface area contributed by atoms with Crippen LogP contribution in [-0.2, 0) is 6.61 Å². The second kappa shape index (κ2) is 5.36. The van der Waals surface area contributed by atoms with Crippen LogP contribution in [-0.4, -0.2) is 5.91 Å². The Balaban J connectivity index is 2.08. The minimum atomic E-state index is -0.409. The normalized spacial score (nSPS) is 10.1. The van der Waals surface area contributed by atoms with E-state index >= 15 is 0 Å². The van der Waals surface area contributed by atoms with Crippen molar-refractivity contribution in [1.29, 1.82) is 0 Å². The van der Waals surface area contributed by atoms with Crippen molar-refractivity contribution in [3.63, 3.8) is 0 Å². The van der Waals surface area contributed by atoms with E-state index in [1.807, 2.05) is 43.3 Å². The summed E-state index contributed by atoms with van der Waals surface area (Å²) in [5, 5.41) is 0.